The first kappa shape index (κ1) is 20.4. The largest absolute Gasteiger partial charge is 0.444 e. The van der Waals surface area contributed by atoms with Gasteiger partial charge in [-0.2, -0.15) is 0 Å². The van der Waals surface area contributed by atoms with Gasteiger partial charge in [0.15, 0.2) is 5.96 Å². The predicted molar refractivity (Wildman–Crippen MR) is 114 cm³/mol. The topological polar surface area (TPSA) is 65.7 Å². The Balaban J connectivity index is 1.30. The van der Waals surface area contributed by atoms with Crippen LogP contribution >= 0.6 is 0 Å². The number of nitrogens with one attached hydrogen (secondary N) is 2. The maximum atomic E-state index is 5.58. The molecule has 2 heterocycles. The van der Waals surface area contributed by atoms with Crippen molar-refractivity contribution in [1.29, 1.82) is 0 Å². The van der Waals surface area contributed by atoms with E-state index >= 15 is 0 Å². The van der Waals surface area contributed by atoms with Crippen LogP contribution in [0.5, 0.6) is 0 Å². The molecule has 2 aromatic rings. The lowest BCUT2D eigenvalue weighted by Crippen LogP contribution is -2.37. The highest BCUT2D eigenvalue weighted by Crippen LogP contribution is 2.17. The number of piperidine rings is 1. The van der Waals surface area contributed by atoms with Crippen molar-refractivity contribution < 1.29 is 4.42 Å². The third kappa shape index (κ3) is 6.68. The molecule has 3 rings (SSSR count). The lowest BCUT2D eigenvalue weighted by atomic mass is 10.1. The van der Waals surface area contributed by atoms with Crippen molar-refractivity contribution >= 4 is 5.96 Å². The molecule has 2 N–H and O–H groups in total. The highest BCUT2D eigenvalue weighted by atomic mass is 16.3. The van der Waals surface area contributed by atoms with E-state index < -0.39 is 0 Å². The van der Waals surface area contributed by atoms with Crippen LogP contribution in [0.25, 0.3) is 11.5 Å². The molecule has 0 radical (unpaired) electrons. The Labute approximate surface area is 168 Å². The van der Waals surface area contributed by atoms with Crippen LogP contribution < -0.4 is 10.6 Å². The number of oxazole rings is 1. The van der Waals surface area contributed by atoms with Gasteiger partial charge in [-0.3, -0.25) is 4.99 Å². The monoisotopic (exact) mass is 383 g/mol. The molecule has 152 valence electrons. The summed E-state index contributed by atoms with van der Waals surface area (Å²) in [6, 6.07) is 9.94. The maximum absolute atomic E-state index is 5.58. The maximum Gasteiger partial charge on any atom is 0.226 e. The van der Waals surface area contributed by atoms with E-state index in [-0.39, 0.29) is 0 Å². The molecule has 0 saturated carbocycles. The van der Waals surface area contributed by atoms with E-state index in [4.69, 9.17) is 4.42 Å². The van der Waals surface area contributed by atoms with Crippen molar-refractivity contribution in [3.8, 4) is 11.5 Å². The summed E-state index contributed by atoms with van der Waals surface area (Å²) in [6.45, 7) is 5.37. The summed E-state index contributed by atoms with van der Waals surface area (Å²) >= 11 is 0. The minimum Gasteiger partial charge on any atom is -0.444 e. The number of guanidine groups is 1. The molecule has 1 aromatic carbocycles. The zero-order valence-corrected chi connectivity index (χ0v) is 17.0. The fraction of sp³-hybridized carbons (Fsp3) is 0.545. The van der Waals surface area contributed by atoms with E-state index in [0.717, 1.165) is 30.2 Å². The van der Waals surface area contributed by atoms with Crippen LogP contribution in [0.2, 0.25) is 0 Å². The van der Waals surface area contributed by atoms with Crippen molar-refractivity contribution in [1.82, 2.24) is 20.5 Å². The molecule has 1 aromatic heterocycles. The number of hydrogen-bond donors (Lipinski definition) is 2. The zero-order chi connectivity index (χ0) is 19.4. The smallest absolute Gasteiger partial charge is 0.226 e. The molecule has 0 atom stereocenters. The summed E-state index contributed by atoms with van der Waals surface area (Å²) in [5, 5.41) is 6.68. The van der Waals surface area contributed by atoms with Crippen LogP contribution in [0.15, 0.2) is 46.0 Å². The average molecular weight is 384 g/mol. The molecule has 28 heavy (non-hydrogen) atoms. The molecule has 1 fully saturated rings. The van der Waals surface area contributed by atoms with Gasteiger partial charge in [0.05, 0.1) is 12.2 Å². The van der Waals surface area contributed by atoms with Crippen LogP contribution in [0.4, 0.5) is 0 Å². The summed E-state index contributed by atoms with van der Waals surface area (Å²) in [6.07, 6.45) is 9.57. The highest BCUT2D eigenvalue weighted by molar-refractivity contribution is 5.79. The van der Waals surface area contributed by atoms with Gasteiger partial charge < -0.3 is 20.0 Å². The number of aromatic nitrogens is 1. The van der Waals surface area contributed by atoms with Crippen molar-refractivity contribution in [2.75, 3.05) is 33.2 Å². The Kier molecular flexibility index (Phi) is 8.37. The summed E-state index contributed by atoms with van der Waals surface area (Å²) in [5.41, 5.74) is 1.85. The zero-order valence-electron chi connectivity index (χ0n) is 17.0. The van der Waals surface area contributed by atoms with Crippen LogP contribution in [0.1, 0.15) is 44.2 Å². The average Bonchev–Trinajstić information content (AvgIpc) is 3.23. The van der Waals surface area contributed by atoms with Gasteiger partial charge in [0.2, 0.25) is 5.89 Å². The SMILES string of the molecule is CN=C(NCCCCCN1CCCCC1)NCc1coc(-c2ccccc2)n1. The van der Waals surface area contributed by atoms with Crippen LogP contribution in [0, 0.1) is 0 Å². The van der Waals surface area contributed by atoms with Crippen molar-refractivity contribution in [3.63, 3.8) is 0 Å². The molecular weight excluding hydrogens is 350 g/mol. The summed E-state index contributed by atoms with van der Waals surface area (Å²) < 4.78 is 5.58. The van der Waals surface area contributed by atoms with E-state index in [1.807, 2.05) is 30.3 Å². The fourth-order valence-electron chi connectivity index (χ4n) is 3.52. The standard InChI is InChI=1S/C22H33N5O/c1-23-22(24-13-7-3-8-14-27-15-9-4-10-16-27)25-17-20-18-28-21(26-20)19-11-5-2-6-12-19/h2,5-6,11-12,18H,3-4,7-10,13-17H2,1H3,(H2,23,24,25). The Hall–Kier alpha value is -2.34. The second-order valence-corrected chi connectivity index (χ2v) is 7.33. The first-order valence-electron chi connectivity index (χ1n) is 10.5. The molecule has 1 aliphatic heterocycles. The molecule has 6 heteroatoms. The lowest BCUT2D eigenvalue weighted by molar-refractivity contribution is 0.224. The van der Waals surface area contributed by atoms with Gasteiger partial charge in [0, 0.05) is 19.2 Å². The highest BCUT2D eigenvalue weighted by Gasteiger charge is 2.09. The van der Waals surface area contributed by atoms with Gasteiger partial charge in [-0.05, 0) is 57.5 Å². The molecule has 1 aliphatic rings. The quantitative estimate of drug-likeness (QED) is 0.393. The van der Waals surface area contributed by atoms with Crippen LogP contribution in [-0.2, 0) is 6.54 Å². The molecular formula is C22H33N5O. The van der Waals surface area contributed by atoms with Gasteiger partial charge in [0.1, 0.15) is 6.26 Å². The summed E-state index contributed by atoms with van der Waals surface area (Å²) in [4.78, 5) is 11.4. The molecule has 0 bridgehead atoms. The molecule has 1 saturated heterocycles. The molecule has 6 nitrogen and oxygen atoms in total. The Morgan fingerprint density at radius 1 is 1.07 bits per heavy atom. The Morgan fingerprint density at radius 2 is 1.89 bits per heavy atom. The first-order chi connectivity index (χ1) is 13.8. The third-order valence-corrected chi connectivity index (χ3v) is 5.13. The first-order valence-corrected chi connectivity index (χ1v) is 10.5. The fourth-order valence-corrected chi connectivity index (χ4v) is 3.52. The summed E-state index contributed by atoms with van der Waals surface area (Å²) in [5.74, 6) is 1.45. The summed E-state index contributed by atoms with van der Waals surface area (Å²) in [7, 11) is 1.80. The third-order valence-electron chi connectivity index (χ3n) is 5.13. The van der Waals surface area contributed by atoms with E-state index in [9.17, 15) is 0 Å². The van der Waals surface area contributed by atoms with Crippen LogP contribution in [0.3, 0.4) is 0 Å². The molecule has 0 amide bonds. The van der Waals surface area contributed by atoms with E-state index in [1.54, 1.807) is 13.3 Å². The molecule has 0 unspecified atom stereocenters. The van der Waals surface area contributed by atoms with Crippen molar-refractivity contribution in [2.45, 2.75) is 45.1 Å². The lowest BCUT2D eigenvalue weighted by Gasteiger charge is -2.26. The minimum absolute atomic E-state index is 0.588. The van der Waals surface area contributed by atoms with E-state index in [2.05, 4.69) is 25.5 Å². The molecule has 0 aliphatic carbocycles. The van der Waals surface area contributed by atoms with Crippen molar-refractivity contribution in [3.05, 3.63) is 42.3 Å². The predicted octanol–water partition coefficient (Wildman–Crippen LogP) is 3.66. The van der Waals surface area contributed by atoms with Gasteiger partial charge >= 0.3 is 0 Å². The normalized spacial score (nSPS) is 15.5. The van der Waals surface area contributed by atoms with E-state index in [0.29, 0.717) is 12.4 Å². The van der Waals surface area contributed by atoms with Gasteiger partial charge in [-0.1, -0.05) is 31.0 Å². The Morgan fingerprint density at radius 3 is 2.68 bits per heavy atom. The second kappa shape index (κ2) is 11.5. The van der Waals surface area contributed by atoms with E-state index in [1.165, 1.54) is 51.7 Å². The number of rotatable bonds is 9. The van der Waals surface area contributed by atoms with Gasteiger partial charge in [-0.15, -0.1) is 0 Å². The van der Waals surface area contributed by atoms with Gasteiger partial charge in [-0.25, -0.2) is 4.98 Å². The number of aliphatic imine (C=N–C) groups is 1. The van der Waals surface area contributed by atoms with Gasteiger partial charge in [0.25, 0.3) is 0 Å². The minimum atomic E-state index is 0.588. The number of hydrogen-bond acceptors (Lipinski definition) is 4. The number of nitrogens with zero attached hydrogens (tertiary/aromatic N) is 3. The number of unbranched alkanes of at least 4 members (excludes halogenated alkanes) is 2. The Bertz CT molecular complexity index is 707. The second-order valence-electron chi connectivity index (χ2n) is 7.33. The number of likely N-dealkylation sites (tertiary alicyclic amines) is 1. The molecule has 0 spiro atoms. The van der Waals surface area contributed by atoms with Crippen LogP contribution in [-0.4, -0.2) is 49.1 Å². The van der Waals surface area contributed by atoms with Crippen molar-refractivity contribution in [2.24, 2.45) is 4.99 Å². The number of benzene rings is 1.